The highest BCUT2D eigenvalue weighted by Crippen LogP contribution is 1.75. The van der Waals surface area contributed by atoms with Crippen LogP contribution in [0.4, 0.5) is 4.79 Å². The number of halogens is 1. The van der Waals surface area contributed by atoms with Gasteiger partial charge in [0, 0.05) is 0 Å². The molecule has 12 heavy (non-hydrogen) atoms. The van der Waals surface area contributed by atoms with Crippen LogP contribution in [0, 0.1) is 0 Å². The van der Waals surface area contributed by atoms with Gasteiger partial charge in [0.1, 0.15) is 14.9 Å². The summed E-state index contributed by atoms with van der Waals surface area (Å²) in [4.78, 5) is 8.67. The van der Waals surface area contributed by atoms with E-state index in [1.54, 1.807) is 8.86 Å². The molecule has 3 nitrogen and oxygen atoms in total. The summed E-state index contributed by atoms with van der Waals surface area (Å²) in [6.45, 7) is 4.56. The van der Waals surface area contributed by atoms with Gasteiger partial charge in [-0.15, -0.1) is 0 Å². The quantitative estimate of drug-likeness (QED) is 0.347. The number of primary amides is 1. The van der Waals surface area contributed by atoms with E-state index < -0.39 is 6.09 Å². The van der Waals surface area contributed by atoms with E-state index in [2.05, 4.69) is 19.6 Å². The maximum atomic E-state index is 8.67. The lowest BCUT2D eigenvalue weighted by atomic mass is 10.4. The third-order valence-electron chi connectivity index (χ3n) is 0.943. The van der Waals surface area contributed by atoms with Gasteiger partial charge in [-0.25, -0.2) is 0 Å². The molecule has 74 valence electrons. The maximum absolute atomic E-state index is 8.67. The van der Waals surface area contributed by atoms with Crippen molar-refractivity contribution in [1.82, 2.24) is 0 Å². The first-order valence-electron chi connectivity index (χ1n) is 4.15. The fourth-order valence-corrected chi connectivity index (χ4v) is 3.06. The van der Waals surface area contributed by atoms with Crippen molar-refractivity contribution in [2.45, 2.75) is 33.1 Å². The van der Waals surface area contributed by atoms with E-state index in [9.17, 15) is 0 Å². The summed E-state index contributed by atoms with van der Waals surface area (Å²) in [5, 5.41) is 8.67. The van der Waals surface area contributed by atoms with Gasteiger partial charge in [-0.05, 0) is 12.8 Å². The van der Waals surface area contributed by atoms with E-state index in [4.69, 9.17) is 9.90 Å². The molecule has 4 heteroatoms. The third kappa shape index (κ3) is 32.4. The Morgan fingerprint density at radius 2 is 1.83 bits per heavy atom. The summed E-state index contributed by atoms with van der Waals surface area (Å²) < 4.78 is 3.10. The Balaban J connectivity index is 0. The fraction of sp³-hybridized carbons (Fsp3) is 0.875. The minimum atomic E-state index is -1.58. The standard InChI is InChI=1S/C7H16I.CH3NO2/c1-3-5-7-8-6-4-2;2-1(3)4/h3-7H2,1-2H3;2H2,(H,3,4)/q+1;/p-1. The molecule has 0 aliphatic rings. The van der Waals surface area contributed by atoms with Gasteiger partial charge >= 0.3 is 0 Å². The first-order chi connectivity index (χ1) is 5.65. The van der Waals surface area contributed by atoms with E-state index in [-0.39, 0.29) is 0 Å². The largest absolute Gasteiger partial charge is 0.530 e. The average molecular weight is 287 g/mol. The number of rotatable bonds is 5. The van der Waals surface area contributed by atoms with E-state index in [0.29, 0.717) is 21.2 Å². The lowest BCUT2D eigenvalue weighted by molar-refractivity contribution is -0.655. The van der Waals surface area contributed by atoms with Crippen LogP contribution in [0.2, 0.25) is 0 Å². The predicted octanol–water partition coefficient (Wildman–Crippen LogP) is -2.43. The summed E-state index contributed by atoms with van der Waals surface area (Å²) >= 11 is 0.618. The van der Waals surface area contributed by atoms with Crippen LogP contribution < -0.4 is 32.0 Å². The van der Waals surface area contributed by atoms with Crippen LogP contribution in [0.3, 0.4) is 0 Å². The van der Waals surface area contributed by atoms with Gasteiger partial charge in [0.2, 0.25) is 0 Å². The topological polar surface area (TPSA) is 66.2 Å². The zero-order valence-corrected chi connectivity index (χ0v) is 9.96. The molecule has 0 aromatic heterocycles. The summed E-state index contributed by atoms with van der Waals surface area (Å²) in [5.41, 5.74) is 3.92. The van der Waals surface area contributed by atoms with Crippen LogP contribution in [0.1, 0.15) is 33.1 Å². The highest BCUT2D eigenvalue weighted by atomic mass is 127. The molecule has 0 aliphatic carbocycles. The van der Waals surface area contributed by atoms with Crippen LogP contribution in [0.25, 0.3) is 0 Å². The van der Waals surface area contributed by atoms with E-state index in [1.807, 2.05) is 0 Å². The summed E-state index contributed by atoms with van der Waals surface area (Å²) in [6, 6.07) is 0. The normalized spacial score (nSPS) is 8.50. The molecule has 0 bridgehead atoms. The highest BCUT2D eigenvalue weighted by Gasteiger charge is 2.00. The van der Waals surface area contributed by atoms with Crippen LogP contribution in [-0.4, -0.2) is 14.9 Å². The van der Waals surface area contributed by atoms with Gasteiger partial charge in [-0.2, -0.15) is 0 Å². The Labute approximate surface area is 85.0 Å². The van der Waals surface area contributed by atoms with Crippen LogP contribution in [-0.2, 0) is 0 Å². The molecule has 0 aromatic carbocycles. The van der Waals surface area contributed by atoms with Crippen molar-refractivity contribution in [3.05, 3.63) is 0 Å². The maximum Gasteiger partial charge on any atom is 0.268 e. The van der Waals surface area contributed by atoms with Crippen molar-refractivity contribution in [3.63, 3.8) is 0 Å². The van der Waals surface area contributed by atoms with Gasteiger partial charge < -0.3 is 15.6 Å². The fourth-order valence-electron chi connectivity index (χ4n) is 0.456. The molecule has 0 spiro atoms. The van der Waals surface area contributed by atoms with Crippen LogP contribution in [0.15, 0.2) is 0 Å². The number of hydrogen-bond acceptors (Lipinski definition) is 2. The van der Waals surface area contributed by atoms with E-state index in [1.165, 1.54) is 19.3 Å². The van der Waals surface area contributed by atoms with Gasteiger partial charge in [0.05, 0.1) is 0 Å². The summed E-state index contributed by atoms with van der Waals surface area (Å²) in [6.07, 6.45) is 2.70. The Hall–Kier alpha value is 0. The lowest BCUT2D eigenvalue weighted by Crippen LogP contribution is -3.63. The van der Waals surface area contributed by atoms with Gasteiger partial charge in [0.25, 0.3) is 21.2 Å². The van der Waals surface area contributed by atoms with E-state index in [0.717, 1.165) is 0 Å². The second-order valence-corrected chi connectivity index (χ2v) is 5.48. The highest BCUT2D eigenvalue weighted by molar-refractivity contribution is 5.58. The van der Waals surface area contributed by atoms with Crippen molar-refractivity contribution in [2.75, 3.05) is 8.86 Å². The molecular weight excluding hydrogens is 269 g/mol. The van der Waals surface area contributed by atoms with Gasteiger partial charge in [0.15, 0.2) is 0 Å². The number of alkyl halides is 2. The average Bonchev–Trinajstić information content (AvgIpc) is 1.97. The Bertz CT molecular complexity index is 89.1. The van der Waals surface area contributed by atoms with Crippen molar-refractivity contribution in [3.8, 4) is 0 Å². The Morgan fingerprint density at radius 1 is 1.33 bits per heavy atom. The van der Waals surface area contributed by atoms with Gasteiger partial charge in [-0.3, -0.25) is 0 Å². The molecule has 0 rings (SSSR count). The van der Waals surface area contributed by atoms with Gasteiger partial charge in [-0.1, -0.05) is 20.3 Å². The molecule has 0 radical (unpaired) electrons. The number of carbonyl (C=O) groups is 1. The number of hydrogen-bond donors (Lipinski definition) is 1. The molecule has 1 amide bonds. The van der Waals surface area contributed by atoms with E-state index >= 15 is 0 Å². The molecule has 0 aromatic rings. The number of carbonyl (C=O) groups excluding carboxylic acids is 1. The molecule has 0 saturated heterocycles. The molecule has 0 atom stereocenters. The Kier molecular flexibility index (Phi) is 16.4. The number of unbranched alkanes of at least 4 members (excludes halogenated alkanes) is 1. The number of amides is 1. The molecule has 0 fully saturated rings. The zero-order chi connectivity index (χ0) is 9.82. The number of nitrogens with two attached hydrogens (primary N) is 1. The first-order valence-corrected chi connectivity index (χ1v) is 7.20. The monoisotopic (exact) mass is 287 g/mol. The minimum absolute atomic E-state index is 0.618. The summed E-state index contributed by atoms with van der Waals surface area (Å²) in [5.74, 6) is 0. The molecule has 0 saturated carbocycles. The predicted molar refractivity (Wildman–Crippen MR) is 44.5 cm³/mol. The first kappa shape index (κ1) is 14.5. The molecule has 0 heterocycles. The Morgan fingerprint density at radius 3 is 2.17 bits per heavy atom. The second kappa shape index (κ2) is 13.6. The molecule has 2 N–H and O–H groups in total. The number of carboxylic acid groups (broad SMARTS) is 1. The van der Waals surface area contributed by atoms with Crippen LogP contribution in [0.5, 0.6) is 0 Å². The van der Waals surface area contributed by atoms with Crippen LogP contribution >= 0.6 is 0 Å². The van der Waals surface area contributed by atoms with Crippen molar-refractivity contribution >= 4 is 6.09 Å². The molecule has 0 unspecified atom stereocenters. The van der Waals surface area contributed by atoms with Crippen molar-refractivity contribution < 1.29 is 31.1 Å². The SMILES string of the molecule is CCCC[I+]CCC.NC(=O)[O-]. The lowest BCUT2D eigenvalue weighted by Gasteiger charge is -1.79. The summed E-state index contributed by atoms with van der Waals surface area (Å²) in [7, 11) is 0. The zero-order valence-electron chi connectivity index (χ0n) is 7.81. The minimum Gasteiger partial charge on any atom is -0.530 e. The smallest absolute Gasteiger partial charge is 0.268 e. The van der Waals surface area contributed by atoms with Crippen molar-refractivity contribution in [2.24, 2.45) is 5.73 Å². The molecule has 0 aliphatic heterocycles. The molecular formula is C8H18INO2. The third-order valence-corrected chi connectivity index (χ3v) is 4.31. The second-order valence-electron chi connectivity index (χ2n) is 2.24. The van der Waals surface area contributed by atoms with Crippen molar-refractivity contribution in [1.29, 1.82) is 0 Å².